The number of methoxy groups -OCH3 is 1. The van der Waals surface area contributed by atoms with E-state index in [1.54, 1.807) is 0 Å². The molecule has 1 atom stereocenters. The Morgan fingerprint density at radius 1 is 1.03 bits per heavy atom. The summed E-state index contributed by atoms with van der Waals surface area (Å²) < 4.78 is 51.6. The Morgan fingerprint density at radius 2 is 1.73 bits per heavy atom. The predicted molar refractivity (Wildman–Crippen MR) is 113 cm³/mol. The number of hydrogen-bond donors (Lipinski definition) is 0. The molecule has 0 N–H and O–H groups in total. The van der Waals surface area contributed by atoms with E-state index >= 15 is 0 Å². The van der Waals surface area contributed by atoms with Gasteiger partial charge in [0.25, 0.3) is 0 Å². The predicted octanol–water partition coefficient (Wildman–Crippen LogP) is 4.27. The zero-order valence-corrected chi connectivity index (χ0v) is 18.3. The van der Waals surface area contributed by atoms with E-state index in [0.29, 0.717) is 38.0 Å². The van der Waals surface area contributed by atoms with Crippen molar-refractivity contribution in [3.8, 4) is 5.75 Å². The van der Waals surface area contributed by atoms with E-state index in [1.165, 1.54) is 36.3 Å². The lowest BCUT2D eigenvalue weighted by Gasteiger charge is -2.35. The molecular formula is C24H26F3NO5. The average molecular weight is 465 g/mol. The van der Waals surface area contributed by atoms with Crippen LogP contribution in [0.2, 0.25) is 0 Å². The monoisotopic (exact) mass is 465 g/mol. The summed E-state index contributed by atoms with van der Waals surface area (Å²) in [5, 5.41) is 0. The molecule has 1 saturated heterocycles. The number of halogens is 3. The second-order valence-electron chi connectivity index (χ2n) is 7.84. The molecule has 3 rings (SSSR count). The zero-order valence-electron chi connectivity index (χ0n) is 18.3. The molecule has 1 fully saturated rings. The SMILES string of the molecule is COC(=O)[C@]1(COCc2ccccc2)CCCN1C(=O)CCc1ccc(OC(F)(F)F)cc1. The number of alkyl halides is 3. The van der Waals surface area contributed by atoms with Crippen molar-refractivity contribution >= 4 is 11.9 Å². The number of amides is 1. The fourth-order valence-corrected chi connectivity index (χ4v) is 4.01. The van der Waals surface area contributed by atoms with Gasteiger partial charge in [-0.3, -0.25) is 4.79 Å². The van der Waals surface area contributed by atoms with Crippen LogP contribution in [0, 0.1) is 0 Å². The van der Waals surface area contributed by atoms with Crippen LogP contribution in [0.1, 0.15) is 30.4 Å². The summed E-state index contributed by atoms with van der Waals surface area (Å²) in [6.45, 7) is 0.721. The van der Waals surface area contributed by atoms with Gasteiger partial charge in [-0.05, 0) is 42.5 Å². The van der Waals surface area contributed by atoms with E-state index in [4.69, 9.17) is 9.47 Å². The van der Waals surface area contributed by atoms with Crippen LogP contribution < -0.4 is 4.74 Å². The molecule has 1 amide bonds. The van der Waals surface area contributed by atoms with E-state index in [2.05, 4.69) is 4.74 Å². The van der Waals surface area contributed by atoms with Gasteiger partial charge < -0.3 is 19.1 Å². The second kappa shape index (κ2) is 10.7. The molecule has 9 heteroatoms. The third-order valence-corrected chi connectivity index (χ3v) is 5.59. The van der Waals surface area contributed by atoms with E-state index in [0.717, 1.165) is 5.56 Å². The van der Waals surface area contributed by atoms with Crippen molar-refractivity contribution in [1.29, 1.82) is 0 Å². The Bertz CT molecular complexity index is 933. The van der Waals surface area contributed by atoms with Gasteiger partial charge in [0.1, 0.15) is 5.75 Å². The molecule has 0 aliphatic carbocycles. The molecule has 0 radical (unpaired) electrons. The molecule has 2 aromatic carbocycles. The number of carbonyl (C=O) groups excluding carboxylic acids is 2. The summed E-state index contributed by atoms with van der Waals surface area (Å²) >= 11 is 0. The maximum Gasteiger partial charge on any atom is 0.573 e. The highest BCUT2D eigenvalue weighted by Gasteiger charge is 2.50. The molecule has 1 aliphatic heterocycles. The van der Waals surface area contributed by atoms with Crippen LogP contribution in [-0.4, -0.2) is 48.9 Å². The van der Waals surface area contributed by atoms with Crippen LogP contribution >= 0.6 is 0 Å². The standard InChI is InChI=1S/C24H26F3NO5/c1-31-22(30)23(17-32-16-19-6-3-2-4-7-19)14-5-15-28(23)21(29)13-10-18-8-11-20(12-9-18)33-24(25,26)27/h2-4,6-9,11-12H,5,10,13-17H2,1H3/t23-/m1/s1. The minimum absolute atomic E-state index is 0.0176. The van der Waals surface area contributed by atoms with Gasteiger partial charge in [-0.2, -0.15) is 0 Å². The van der Waals surface area contributed by atoms with Crippen LogP contribution in [-0.2, 0) is 32.1 Å². The molecule has 0 saturated carbocycles. The lowest BCUT2D eigenvalue weighted by molar-refractivity contribution is -0.274. The summed E-state index contributed by atoms with van der Waals surface area (Å²) in [5.41, 5.74) is 0.442. The van der Waals surface area contributed by atoms with Crippen LogP contribution in [0.5, 0.6) is 5.75 Å². The van der Waals surface area contributed by atoms with Gasteiger partial charge in [-0.15, -0.1) is 13.2 Å². The number of hydrogen-bond acceptors (Lipinski definition) is 5. The Labute approximate surface area is 190 Å². The van der Waals surface area contributed by atoms with Gasteiger partial charge >= 0.3 is 12.3 Å². The molecule has 0 aromatic heterocycles. The summed E-state index contributed by atoms with van der Waals surface area (Å²) in [6.07, 6.45) is -3.28. The van der Waals surface area contributed by atoms with Crippen LogP contribution in [0.3, 0.4) is 0 Å². The Kier molecular flexibility index (Phi) is 7.97. The van der Waals surface area contributed by atoms with E-state index in [1.807, 2.05) is 30.3 Å². The fourth-order valence-electron chi connectivity index (χ4n) is 4.01. The number of rotatable bonds is 9. The molecule has 178 valence electrons. The maximum atomic E-state index is 13.0. The molecule has 33 heavy (non-hydrogen) atoms. The highest BCUT2D eigenvalue weighted by Crippen LogP contribution is 2.32. The summed E-state index contributed by atoms with van der Waals surface area (Å²) in [5.74, 6) is -1.08. The quantitative estimate of drug-likeness (QED) is 0.518. The van der Waals surface area contributed by atoms with Crippen molar-refractivity contribution in [2.45, 2.75) is 44.2 Å². The number of carbonyl (C=O) groups is 2. The van der Waals surface area contributed by atoms with Crippen LogP contribution in [0.25, 0.3) is 0 Å². The van der Waals surface area contributed by atoms with Crippen molar-refractivity contribution in [3.63, 3.8) is 0 Å². The lowest BCUT2D eigenvalue weighted by Crippen LogP contribution is -2.56. The highest BCUT2D eigenvalue weighted by molar-refractivity contribution is 5.89. The summed E-state index contributed by atoms with van der Waals surface area (Å²) in [4.78, 5) is 27.3. The Balaban J connectivity index is 1.62. The Hall–Kier alpha value is -3.07. The summed E-state index contributed by atoms with van der Waals surface area (Å²) in [6, 6.07) is 14.9. The van der Waals surface area contributed by atoms with Gasteiger partial charge in [0.2, 0.25) is 5.91 Å². The minimum Gasteiger partial charge on any atom is -0.467 e. The van der Waals surface area contributed by atoms with Gasteiger partial charge in [0.05, 0.1) is 20.3 Å². The first kappa shape index (κ1) is 24.6. The first-order chi connectivity index (χ1) is 15.7. The third-order valence-electron chi connectivity index (χ3n) is 5.59. The molecule has 0 spiro atoms. The largest absolute Gasteiger partial charge is 0.573 e. The molecule has 0 bridgehead atoms. The normalized spacial score (nSPS) is 18.2. The van der Waals surface area contributed by atoms with E-state index in [9.17, 15) is 22.8 Å². The number of nitrogens with zero attached hydrogens (tertiary/aromatic N) is 1. The number of aryl methyl sites for hydroxylation is 1. The number of benzene rings is 2. The van der Waals surface area contributed by atoms with Crippen molar-refractivity contribution in [2.75, 3.05) is 20.3 Å². The van der Waals surface area contributed by atoms with Crippen molar-refractivity contribution in [2.24, 2.45) is 0 Å². The molecule has 1 aliphatic rings. The van der Waals surface area contributed by atoms with Gasteiger partial charge in [0, 0.05) is 13.0 Å². The molecule has 6 nitrogen and oxygen atoms in total. The molecular weight excluding hydrogens is 439 g/mol. The van der Waals surface area contributed by atoms with Crippen LogP contribution in [0.15, 0.2) is 54.6 Å². The first-order valence-corrected chi connectivity index (χ1v) is 10.6. The zero-order chi connectivity index (χ0) is 23.9. The van der Waals surface area contributed by atoms with Crippen molar-refractivity contribution in [3.05, 3.63) is 65.7 Å². The van der Waals surface area contributed by atoms with E-state index < -0.39 is 17.9 Å². The smallest absolute Gasteiger partial charge is 0.467 e. The number of likely N-dealkylation sites (tertiary alicyclic amines) is 1. The molecule has 1 heterocycles. The topological polar surface area (TPSA) is 65.1 Å². The fraction of sp³-hybridized carbons (Fsp3) is 0.417. The lowest BCUT2D eigenvalue weighted by atomic mass is 9.96. The van der Waals surface area contributed by atoms with Gasteiger partial charge in [-0.25, -0.2) is 4.79 Å². The third kappa shape index (κ3) is 6.47. The first-order valence-electron chi connectivity index (χ1n) is 10.6. The van der Waals surface area contributed by atoms with Gasteiger partial charge in [0.15, 0.2) is 5.54 Å². The molecule has 0 unspecified atom stereocenters. The average Bonchev–Trinajstić information content (AvgIpc) is 3.22. The van der Waals surface area contributed by atoms with Gasteiger partial charge in [-0.1, -0.05) is 42.5 Å². The van der Waals surface area contributed by atoms with Crippen molar-refractivity contribution in [1.82, 2.24) is 4.90 Å². The highest BCUT2D eigenvalue weighted by atomic mass is 19.4. The van der Waals surface area contributed by atoms with E-state index in [-0.39, 0.29) is 24.7 Å². The molecule has 2 aromatic rings. The Morgan fingerprint density at radius 3 is 2.36 bits per heavy atom. The second-order valence-corrected chi connectivity index (χ2v) is 7.84. The van der Waals surface area contributed by atoms with Crippen LogP contribution in [0.4, 0.5) is 13.2 Å². The number of ether oxygens (including phenoxy) is 3. The van der Waals surface area contributed by atoms with Crippen molar-refractivity contribution < 1.29 is 37.0 Å². The summed E-state index contributed by atoms with van der Waals surface area (Å²) in [7, 11) is 1.28. The maximum absolute atomic E-state index is 13.0. The minimum atomic E-state index is -4.76. The number of esters is 1.